The van der Waals surface area contributed by atoms with Crippen LogP contribution < -0.4 is 4.74 Å². The third-order valence-electron chi connectivity index (χ3n) is 2.01. The summed E-state index contributed by atoms with van der Waals surface area (Å²) < 4.78 is 87.2. The molecule has 0 atom stereocenters. The zero-order chi connectivity index (χ0) is 17.2. The Morgan fingerprint density at radius 2 is 1.41 bits per heavy atom. The van der Waals surface area contributed by atoms with Crippen molar-refractivity contribution in [2.24, 2.45) is 0 Å². The quantitative estimate of drug-likeness (QED) is 0.209. The Labute approximate surface area is 119 Å². The first-order valence-electron chi connectivity index (χ1n) is 4.93. The van der Waals surface area contributed by atoms with Crippen LogP contribution in [0.3, 0.4) is 0 Å². The monoisotopic (exact) mass is 344 g/mol. The molecule has 1 aromatic carbocycles. The van der Waals surface area contributed by atoms with Gasteiger partial charge >= 0.3 is 22.1 Å². The number of carbonyl (C=O) groups is 2. The molecule has 0 heterocycles. The van der Waals surface area contributed by atoms with E-state index >= 15 is 0 Å². The standard InChI is InChI=1S/C10H4F4O7S/c11-5-7(13)10(22(18,19)20)8(14)6(12)9(5)21-4(17)2-1-3(15)16/h1-2H,(H,15,16)(H,18,19,20)/b2-1-. The van der Waals surface area contributed by atoms with E-state index in [1.807, 2.05) is 0 Å². The molecule has 1 aromatic rings. The molecule has 0 saturated carbocycles. The van der Waals surface area contributed by atoms with Gasteiger partial charge in [0.15, 0.2) is 16.5 Å². The summed E-state index contributed by atoms with van der Waals surface area (Å²) in [6.07, 6.45) is 0.380. The smallest absolute Gasteiger partial charge is 0.336 e. The van der Waals surface area contributed by atoms with E-state index in [1.54, 1.807) is 0 Å². The summed E-state index contributed by atoms with van der Waals surface area (Å²) in [5.41, 5.74) is 0. The lowest BCUT2D eigenvalue weighted by molar-refractivity contribution is -0.133. The number of ether oxygens (including phenoxy) is 1. The average Bonchev–Trinajstić information content (AvgIpc) is 2.37. The maximum atomic E-state index is 13.4. The lowest BCUT2D eigenvalue weighted by atomic mass is 10.3. The normalized spacial score (nSPS) is 11.7. The van der Waals surface area contributed by atoms with E-state index in [9.17, 15) is 35.6 Å². The van der Waals surface area contributed by atoms with Gasteiger partial charge < -0.3 is 9.84 Å². The fraction of sp³-hybridized carbons (Fsp3) is 0. The van der Waals surface area contributed by atoms with Crippen molar-refractivity contribution in [3.63, 3.8) is 0 Å². The predicted molar refractivity (Wildman–Crippen MR) is 58.5 cm³/mol. The first-order chi connectivity index (χ1) is 9.96. The van der Waals surface area contributed by atoms with Crippen molar-refractivity contribution in [3.05, 3.63) is 35.4 Å². The number of hydrogen-bond acceptors (Lipinski definition) is 5. The summed E-state index contributed by atoms with van der Waals surface area (Å²) in [6, 6.07) is 0. The van der Waals surface area contributed by atoms with Crippen LogP contribution in [0.2, 0.25) is 0 Å². The molecule has 0 aliphatic carbocycles. The fourth-order valence-corrected chi connectivity index (χ4v) is 1.81. The van der Waals surface area contributed by atoms with Crippen molar-refractivity contribution >= 4 is 22.1 Å². The van der Waals surface area contributed by atoms with Crippen LogP contribution in [0.25, 0.3) is 0 Å². The molecule has 0 fully saturated rings. The van der Waals surface area contributed by atoms with Crippen molar-refractivity contribution in [1.29, 1.82) is 0 Å². The van der Waals surface area contributed by atoms with Crippen molar-refractivity contribution in [3.8, 4) is 5.75 Å². The van der Waals surface area contributed by atoms with Crippen molar-refractivity contribution < 1.29 is 50.0 Å². The second-order valence-corrected chi connectivity index (χ2v) is 4.84. The molecule has 0 amide bonds. The number of halogens is 4. The number of benzene rings is 1. The minimum absolute atomic E-state index is 0.174. The third kappa shape index (κ3) is 3.59. The van der Waals surface area contributed by atoms with E-state index in [-0.39, 0.29) is 12.2 Å². The highest BCUT2D eigenvalue weighted by Crippen LogP contribution is 2.32. The molecule has 0 radical (unpaired) electrons. The van der Waals surface area contributed by atoms with Gasteiger partial charge in [-0.25, -0.2) is 18.4 Å². The van der Waals surface area contributed by atoms with Gasteiger partial charge in [0.2, 0.25) is 17.4 Å². The summed E-state index contributed by atoms with van der Waals surface area (Å²) in [6.45, 7) is 0. The maximum absolute atomic E-state index is 13.4. The Morgan fingerprint density at radius 3 is 1.77 bits per heavy atom. The highest BCUT2D eigenvalue weighted by molar-refractivity contribution is 7.85. The zero-order valence-electron chi connectivity index (χ0n) is 10.0. The van der Waals surface area contributed by atoms with Crippen LogP contribution >= 0.6 is 0 Å². The number of carbonyl (C=O) groups excluding carboxylic acids is 1. The number of aliphatic carboxylic acids is 1. The Bertz CT molecular complexity index is 756. The highest BCUT2D eigenvalue weighted by Gasteiger charge is 2.33. The minimum Gasteiger partial charge on any atom is -0.478 e. The molecule has 1 rings (SSSR count). The van der Waals surface area contributed by atoms with Gasteiger partial charge in [0.25, 0.3) is 0 Å². The summed E-state index contributed by atoms with van der Waals surface area (Å²) in [5.74, 6) is -15.1. The lowest BCUT2D eigenvalue weighted by Crippen LogP contribution is -2.14. The Balaban J connectivity index is 3.42. The lowest BCUT2D eigenvalue weighted by Gasteiger charge is -2.09. The van der Waals surface area contributed by atoms with E-state index in [0.717, 1.165) is 0 Å². The maximum Gasteiger partial charge on any atom is 0.336 e. The predicted octanol–water partition coefficient (Wildman–Crippen LogP) is 1.04. The summed E-state index contributed by atoms with van der Waals surface area (Å²) in [5, 5.41) is 8.19. The molecule has 0 aliphatic heterocycles. The first-order valence-corrected chi connectivity index (χ1v) is 6.37. The van der Waals surface area contributed by atoms with Gasteiger partial charge in [0.1, 0.15) is 0 Å². The van der Waals surface area contributed by atoms with E-state index < -0.39 is 56.0 Å². The molecule has 0 aliphatic rings. The van der Waals surface area contributed by atoms with Crippen molar-refractivity contribution in [2.75, 3.05) is 0 Å². The van der Waals surface area contributed by atoms with Gasteiger partial charge in [0, 0.05) is 12.2 Å². The largest absolute Gasteiger partial charge is 0.478 e. The molecule has 2 N–H and O–H groups in total. The average molecular weight is 344 g/mol. The highest BCUT2D eigenvalue weighted by atomic mass is 32.2. The van der Waals surface area contributed by atoms with Crippen LogP contribution in [0.15, 0.2) is 17.0 Å². The van der Waals surface area contributed by atoms with Crippen LogP contribution in [-0.4, -0.2) is 30.0 Å². The molecule has 120 valence electrons. The van der Waals surface area contributed by atoms with Crippen molar-refractivity contribution in [2.45, 2.75) is 4.90 Å². The minimum atomic E-state index is -5.64. The Kier molecular flexibility index (Phi) is 4.88. The Hall–Kier alpha value is -2.47. The molecular formula is C10H4F4O7S. The summed E-state index contributed by atoms with van der Waals surface area (Å²) in [4.78, 5) is 18.8. The van der Waals surface area contributed by atoms with E-state index in [1.165, 1.54) is 0 Å². The summed E-state index contributed by atoms with van der Waals surface area (Å²) in [7, 11) is -5.64. The van der Waals surface area contributed by atoms with Crippen LogP contribution in [0.5, 0.6) is 5.75 Å². The van der Waals surface area contributed by atoms with E-state index in [4.69, 9.17) is 9.66 Å². The zero-order valence-corrected chi connectivity index (χ0v) is 10.8. The SMILES string of the molecule is O=C(O)/C=C\C(=O)Oc1c(F)c(F)c(S(=O)(=O)O)c(F)c1F. The molecule has 0 unspecified atom stereocenters. The van der Waals surface area contributed by atoms with Crippen LogP contribution in [0, 0.1) is 23.3 Å². The van der Waals surface area contributed by atoms with Gasteiger partial charge in [-0.2, -0.15) is 17.2 Å². The van der Waals surface area contributed by atoms with Gasteiger partial charge in [-0.05, 0) is 0 Å². The fourth-order valence-electron chi connectivity index (χ4n) is 1.18. The van der Waals surface area contributed by atoms with Crippen LogP contribution in [0.1, 0.15) is 0 Å². The van der Waals surface area contributed by atoms with Gasteiger partial charge in [0.05, 0.1) is 0 Å². The summed E-state index contributed by atoms with van der Waals surface area (Å²) >= 11 is 0. The topological polar surface area (TPSA) is 118 Å². The molecule has 12 heteroatoms. The molecular weight excluding hydrogens is 340 g/mol. The van der Waals surface area contributed by atoms with E-state index in [0.29, 0.717) is 0 Å². The Morgan fingerprint density at radius 1 is 0.955 bits per heavy atom. The number of rotatable bonds is 4. The molecule has 0 saturated heterocycles. The number of carboxylic acid groups (broad SMARTS) is 1. The van der Waals surface area contributed by atoms with Gasteiger partial charge in [-0.1, -0.05) is 0 Å². The molecule has 0 spiro atoms. The first kappa shape index (κ1) is 17.6. The molecule has 0 aromatic heterocycles. The van der Waals surface area contributed by atoms with Crippen LogP contribution in [-0.2, 0) is 19.7 Å². The molecule has 7 nitrogen and oxygen atoms in total. The van der Waals surface area contributed by atoms with Gasteiger partial charge in [-0.3, -0.25) is 4.55 Å². The van der Waals surface area contributed by atoms with Crippen LogP contribution in [0.4, 0.5) is 17.6 Å². The number of esters is 1. The molecule has 0 bridgehead atoms. The van der Waals surface area contributed by atoms with Crippen molar-refractivity contribution in [1.82, 2.24) is 0 Å². The molecule has 22 heavy (non-hydrogen) atoms. The second-order valence-electron chi connectivity index (χ2n) is 3.48. The number of hydrogen-bond donors (Lipinski definition) is 2. The third-order valence-corrected chi connectivity index (χ3v) is 2.88. The second kappa shape index (κ2) is 6.11. The van der Waals surface area contributed by atoms with E-state index in [2.05, 4.69) is 4.74 Å². The van der Waals surface area contributed by atoms with Gasteiger partial charge in [-0.15, -0.1) is 0 Å². The number of carboxylic acids is 1.